The molecular formula is C23H21ClN2O3. The van der Waals surface area contributed by atoms with E-state index < -0.39 is 5.91 Å². The van der Waals surface area contributed by atoms with Crippen molar-refractivity contribution in [1.82, 2.24) is 10.6 Å². The van der Waals surface area contributed by atoms with Crippen molar-refractivity contribution in [3.63, 3.8) is 0 Å². The summed E-state index contributed by atoms with van der Waals surface area (Å²) in [5, 5.41) is 6.12. The van der Waals surface area contributed by atoms with Crippen molar-refractivity contribution < 1.29 is 14.0 Å². The van der Waals surface area contributed by atoms with E-state index in [4.69, 9.17) is 16.0 Å². The molecule has 5 nitrogen and oxygen atoms in total. The van der Waals surface area contributed by atoms with E-state index in [1.165, 1.54) is 12.3 Å². The van der Waals surface area contributed by atoms with Crippen molar-refractivity contribution in [2.75, 3.05) is 0 Å². The number of carbonyl (C=O) groups excluding carboxylic acids is 2. The van der Waals surface area contributed by atoms with Crippen LogP contribution < -0.4 is 10.6 Å². The third kappa shape index (κ3) is 5.59. The van der Waals surface area contributed by atoms with Crippen molar-refractivity contribution >= 4 is 29.5 Å². The van der Waals surface area contributed by atoms with Gasteiger partial charge in [-0.15, -0.1) is 0 Å². The van der Waals surface area contributed by atoms with E-state index in [0.717, 1.165) is 16.7 Å². The fourth-order valence-corrected chi connectivity index (χ4v) is 2.76. The minimum absolute atomic E-state index is 0.0946. The van der Waals surface area contributed by atoms with Crippen LogP contribution in [0, 0.1) is 13.8 Å². The Morgan fingerprint density at radius 2 is 1.79 bits per heavy atom. The third-order valence-corrected chi connectivity index (χ3v) is 4.71. The van der Waals surface area contributed by atoms with Gasteiger partial charge < -0.3 is 15.1 Å². The molecule has 29 heavy (non-hydrogen) atoms. The number of benzene rings is 2. The molecular weight excluding hydrogens is 388 g/mol. The zero-order valence-corrected chi connectivity index (χ0v) is 16.9. The lowest BCUT2D eigenvalue weighted by atomic mass is 10.1. The topological polar surface area (TPSA) is 71.3 Å². The molecule has 0 bridgehead atoms. The largest absolute Gasteiger partial charge is 0.465 e. The molecule has 2 amide bonds. The number of rotatable bonds is 6. The number of nitrogens with one attached hydrogen (secondary N) is 2. The van der Waals surface area contributed by atoms with Crippen LogP contribution in [0.15, 0.2) is 71.0 Å². The van der Waals surface area contributed by atoms with Crippen LogP contribution >= 0.6 is 11.6 Å². The van der Waals surface area contributed by atoms with Gasteiger partial charge in [-0.1, -0.05) is 29.8 Å². The van der Waals surface area contributed by atoms with Crippen molar-refractivity contribution in [3.8, 4) is 0 Å². The summed E-state index contributed by atoms with van der Waals surface area (Å²) in [6.45, 7) is 4.21. The van der Waals surface area contributed by atoms with Crippen LogP contribution in [0.2, 0.25) is 5.02 Å². The molecule has 148 valence electrons. The van der Waals surface area contributed by atoms with E-state index in [-0.39, 0.29) is 11.6 Å². The molecule has 0 saturated carbocycles. The highest BCUT2D eigenvalue weighted by Crippen LogP contribution is 2.13. The molecule has 6 heteroatoms. The van der Waals surface area contributed by atoms with E-state index in [2.05, 4.69) is 10.6 Å². The van der Waals surface area contributed by atoms with E-state index >= 15 is 0 Å². The molecule has 0 unspecified atom stereocenters. The van der Waals surface area contributed by atoms with E-state index in [1.807, 2.05) is 32.0 Å². The fraction of sp³-hybridized carbons (Fsp3) is 0.130. The summed E-state index contributed by atoms with van der Waals surface area (Å²) in [6, 6.07) is 16.0. The van der Waals surface area contributed by atoms with E-state index in [1.54, 1.807) is 36.4 Å². The highest BCUT2D eigenvalue weighted by Gasteiger charge is 2.15. The first-order chi connectivity index (χ1) is 13.9. The van der Waals surface area contributed by atoms with Crippen LogP contribution in [-0.2, 0) is 11.3 Å². The lowest BCUT2D eigenvalue weighted by Gasteiger charge is -2.12. The molecule has 0 radical (unpaired) electrons. The Morgan fingerprint density at radius 3 is 2.45 bits per heavy atom. The van der Waals surface area contributed by atoms with Crippen molar-refractivity contribution in [1.29, 1.82) is 0 Å². The Balaban J connectivity index is 1.76. The second kappa shape index (κ2) is 9.26. The predicted octanol–water partition coefficient (Wildman–Crippen LogP) is 4.64. The summed E-state index contributed by atoms with van der Waals surface area (Å²) in [5.74, 6) is -0.330. The molecule has 0 aliphatic rings. The number of amides is 2. The summed E-state index contributed by atoms with van der Waals surface area (Å²) in [5.41, 5.74) is 3.55. The lowest BCUT2D eigenvalue weighted by Crippen LogP contribution is -2.34. The summed E-state index contributed by atoms with van der Waals surface area (Å²) in [4.78, 5) is 25.4. The number of hydrogen-bond donors (Lipinski definition) is 2. The van der Waals surface area contributed by atoms with E-state index in [0.29, 0.717) is 22.9 Å². The second-order valence-electron chi connectivity index (χ2n) is 6.64. The van der Waals surface area contributed by atoms with Gasteiger partial charge in [0.05, 0.1) is 6.26 Å². The Bertz CT molecular complexity index is 1040. The Morgan fingerprint density at radius 1 is 1.03 bits per heavy atom. The summed E-state index contributed by atoms with van der Waals surface area (Å²) in [7, 11) is 0. The minimum atomic E-state index is -0.423. The van der Waals surface area contributed by atoms with Gasteiger partial charge in [-0.05, 0) is 66.9 Å². The van der Waals surface area contributed by atoms with Crippen LogP contribution in [0.4, 0.5) is 0 Å². The summed E-state index contributed by atoms with van der Waals surface area (Å²) < 4.78 is 5.29. The Kier molecular flexibility index (Phi) is 6.52. The first-order valence-corrected chi connectivity index (χ1v) is 9.46. The molecule has 0 spiro atoms. The van der Waals surface area contributed by atoms with Gasteiger partial charge >= 0.3 is 0 Å². The van der Waals surface area contributed by atoms with Gasteiger partial charge in [0.15, 0.2) is 0 Å². The van der Waals surface area contributed by atoms with Gasteiger partial charge in [-0.2, -0.15) is 0 Å². The first kappa shape index (κ1) is 20.4. The van der Waals surface area contributed by atoms with Crippen LogP contribution in [0.1, 0.15) is 32.8 Å². The number of halogens is 1. The van der Waals surface area contributed by atoms with Gasteiger partial charge in [0.2, 0.25) is 0 Å². The molecule has 2 aromatic carbocycles. The third-order valence-electron chi connectivity index (χ3n) is 4.46. The quantitative estimate of drug-likeness (QED) is 0.584. The van der Waals surface area contributed by atoms with Crippen LogP contribution in [-0.4, -0.2) is 11.8 Å². The molecule has 0 atom stereocenters. The smallest absolute Gasteiger partial charge is 0.268 e. The van der Waals surface area contributed by atoms with Crippen molar-refractivity contribution in [2.24, 2.45) is 0 Å². The standard InChI is InChI=1S/C23H21ClN2O3/c1-15-5-8-18(12-16(15)2)22(27)26-21(13-20-4-3-11-29-20)23(28)25-14-17-6-9-19(24)10-7-17/h3-13H,14H2,1-2H3,(H,25,28)(H,26,27)/b21-13-. The number of aryl methyl sites for hydroxylation is 2. The average Bonchev–Trinajstić information content (AvgIpc) is 3.22. The SMILES string of the molecule is Cc1ccc(C(=O)N/C(=C\c2ccco2)C(=O)NCc2ccc(Cl)cc2)cc1C. The van der Waals surface area contributed by atoms with Gasteiger partial charge in [-0.3, -0.25) is 9.59 Å². The Hall–Kier alpha value is -3.31. The van der Waals surface area contributed by atoms with Gasteiger partial charge in [0, 0.05) is 23.2 Å². The van der Waals surface area contributed by atoms with Gasteiger partial charge in [0.1, 0.15) is 11.5 Å². The summed E-state index contributed by atoms with van der Waals surface area (Å²) in [6.07, 6.45) is 3.00. The van der Waals surface area contributed by atoms with Crippen LogP contribution in [0.25, 0.3) is 6.08 Å². The number of carbonyl (C=O) groups is 2. The highest BCUT2D eigenvalue weighted by molar-refractivity contribution is 6.30. The number of furan rings is 1. The molecule has 1 aromatic heterocycles. The normalized spacial score (nSPS) is 11.2. The zero-order chi connectivity index (χ0) is 20.8. The molecule has 0 saturated heterocycles. The Labute approximate surface area is 174 Å². The summed E-state index contributed by atoms with van der Waals surface area (Å²) >= 11 is 5.89. The predicted molar refractivity (Wildman–Crippen MR) is 113 cm³/mol. The molecule has 1 heterocycles. The maximum Gasteiger partial charge on any atom is 0.268 e. The molecule has 0 aliphatic heterocycles. The minimum Gasteiger partial charge on any atom is -0.465 e. The zero-order valence-electron chi connectivity index (χ0n) is 16.2. The monoisotopic (exact) mass is 408 g/mol. The molecule has 2 N–H and O–H groups in total. The van der Waals surface area contributed by atoms with Crippen LogP contribution in [0.5, 0.6) is 0 Å². The van der Waals surface area contributed by atoms with E-state index in [9.17, 15) is 9.59 Å². The second-order valence-corrected chi connectivity index (χ2v) is 7.07. The first-order valence-electron chi connectivity index (χ1n) is 9.09. The van der Waals surface area contributed by atoms with Crippen molar-refractivity contribution in [3.05, 3.63) is 99.6 Å². The number of hydrogen-bond acceptors (Lipinski definition) is 3. The average molecular weight is 409 g/mol. The maximum atomic E-state index is 12.7. The van der Waals surface area contributed by atoms with Crippen LogP contribution in [0.3, 0.4) is 0 Å². The highest BCUT2D eigenvalue weighted by atomic mass is 35.5. The van der Waals surface area contributed by atoms with Gasteiger partial charge in [-0.25, -0.2) is 0 Å². The lowest BCUT2D eigenvalue weighted by molar-refractivity contribution is -0.117. The fourth-order valence-electron chi connectivity index (χ4n) is 2.63. The van der Waals surface area contributed by atoms with Gasteiger partial charge in [0.25, 0.3) is 11.8 Å². The maximum absolute atomic E-state index is 12.7. The molecule has 3 rings (SSSR count). The molecule has 0 fully saturated rings. The van der Waals surface area contributed by atoms with Crippen molar-refractivity contribution in [2.45, 2.75) is 20.4 Å². The molecule has 0 aliphatic carbocycles. The molecule has 3 aromatic rings.